The fraction of sp³-hybridized carbons (Fsp3) is 0.409. The molecule has 0 saturated carbocycles. The van der Waals surface area contributed by atoms with Crippen LogP contribution in [-0.2, 0) is 18.3 Å². The maximum atomic E-state index is 12.7. The molecule has 4 heterocycles. The molecule has 7 heteroatoms. The molecule has 0 spiro atoms. The number of aromatic nitrogens is 3. The Morgan fingerprint density at radius 3 is 3.03 bits per heavy atom. The highest BCUT2D eigenvalue weighted by Gasteiger charge is 2.38. The van der Waals surface area contributed by atoms with Gasteiger partial charge in [-0.15, -0.1) is 0 Å². The van der Waals surface area contributed by atoms with Gasteiger partial charge < -0.3 is 19.9 Å². The van der Waals surface area contributed by atoms with Gasteiger partial charge in [-0.3, -0.25) is 4.79 Å². The number of imidazole rings is 1. The number of aryl methyl sites for hydroxylation is 2. The second-order valence-electron chi connectivity index (χ2n) is 8.23. The van der Waals surface area contributed by atoms with Crippen LogP contribution >= 0.6 is 0 Å². The quantitative estimate of drug-likeness (QED) is 0.783. The maximum absolute atomic E-state index is 12.7. The van der Waals surface area contributed by atoms with Gasteiger partial charge in [0.05, 0.1) is 0 Å². The number of nitrogens with one attached hydrogen (secondary N) is 1. The molecule has 1 saturated heterocycles. The second-order valence-corrected chi connectivity index (χ2v) is 8.23. The van der Waals surface area contributed by atoms with Crippen LogP contribution in [0.2, 0.25) is 0 Å². The van der Waals surface area contributed by atoms with Gasteiger partial charge in [0, 0.05) is 44.8 Å². The van der Waals surface area contributed by atoms with Gasteiger partial charge >= 0.3 is 0 Å². The topological polar surface area (TPSA) is 83.3 Å². The summed E-state index contributed by atoms with van der Waals surface area (Å²) in [5, 5.41) is 12.6. The number of aliphatic hydroxyl groups excluding tert-OH is 1. The molecule has 3 unspecified atom stereocenters. The van der Waals surface area contributed by atoms with Crippen LogP contribution < -0.4 is 5.32 Å². The predicted octanol–water partition coefficient (Wildman–Crippen LogP) is 2.07. The van der Waals surface area contributed by atoms with Crippen molar-refractivity contribution in [1.29, 1.82) is 0 Å². The lowest BCUT2D eigenvalue weighted by Gasteiger charge is -2.22. The van der Waals surface area contributed by atoms with E-state index in [4.69, 9.17) is 0 Å². The first kappa shape index (κ1) is 18.1. The molecule has 5 rings (SSSR count). The lowest BCUT2D eigenvalue weighted by atomic mass is 10.00. The fourth-order valence-corrected chi connectivity index (χ4v) is 4.67. The molecular weight excluding hydrogens is 366 g/mol. The summed E-state index contributed by atoms with van der Waals surface area (Å²) in [4.78, 5) is 23.5. The molecule has 7 nitrogen and oxygen atoms in total. The van der Waals surface area contributed by atoms with Gasteiger partial charge in [-0.05, 0) is 59.9 Å². The predicted molar refractivity (Wildman–Crippen MR) is 111 cm³/mol. The summed E-state index contributed by atoms with van der Waals surface area (Å²) in [7, 11) is 2.02. The molecule has 1 fully saturated rings. The van der Waals surface area contributed by atoms with Gasteiger partial charge in [-0.25, -0.2) is 9.97 Å². The van der Waals surface area contributed by atoms with Crippen molar-refractivity contribution in [2.24, 2.45) is 18.9 Å². The van der Waals surface area contributed by atoms with Crippen molar-refractivity contribution in [3.63, 3.8) is 0 Å². The summed E-state index contributed by atoms with van der Waals surface area (Å²) < 4.78 is 2.06. The monoisotopic (exact) mass is 391 g/mol. The summed E-state index contributed by atoms with van der Waals surface area (Å²) in [6.07, 6.45) is 13.2. The number of carbonyl (C=O) groups excluding carboxylic acids is 1. The van der Waals surface area contributed by atoms with E-state index in [0.717, 1.165) is 48.7 Å². The van der Waals surface area contributed by atoms with E-state index in [9.17, 15) is 9.90 Å². The van der Waals surface area contributed by atoms with Crippen molar-refractivity contribution in [3.05, 3.63) is 53.8 Å². The summed E-state index contributed by atoms with van der Waals surface area (Å²) in [6, 6.07) is 2.03. The van der Waals surface area contributed by atoms with E-state index in [1.807, 2.05) is 36.5 Å². The van der Waals surface area contributed by atoms with Crippen LogP contribution in [0.3, 0.4) is 0 Å². The first-order valence-electron chi connectivity index (χ1n) is 10.2. The SMILES string of the molecule is Cn1ccnc1C1=CC2CN(C(=O)/C=C/c3cnc4c(c3)CCC(O)N4)CC2C1. The van der Waals surface area contributed by atoms with Crippen molar-refractivity contribution in [1.82, 2.24) is 19.4 Å². The van der Waals surface area contributed by atoms with Crippen LogP contribution in [0.15, 0.2) is 36.8 Å². The van der Waals surface area contributed by atoms with Gasteiger partial charge in [0.15, 0.2) is 0 Å². The van der Waals surface area contributed by atoms with Gasteiger partial charge in [0.25, 0.3) is 0 Å². The number of hydrogen-bond donors (Lipinski definition) is 2. The highest BCUT2D eigenvalue weighted by Crippen LogP contribution is 2.40. The standard InChI is InChI=1S/C22H25N5O2/c1-26-7-6-23-22(26)16-9-17-12-27(13-18(17)10-16)20(29)5-2-14-8-15-3-4-19(28)25-21(15)24-11-14/h2,5-9,11,17-19,28H,3-4,10,12-13H2,1H3,(H,24,25)/b5-2+. The van der Waals surface area contributed by atoms with Crippen LogP contribution in [0, 0.1) is 11.8 Å². The van der Waals surface area contributed by atoms with E-state index in [2.05, 4.69) is 25.9 Å². The Balaban J connectivity index is 1.23. The normalized spacial score (nSPS) is 25.7. The summed E-state index contributed by atoms with van der Waals surface area (Å²) in [5.74, 6) is 2.73. The first-order valence-corrected chi connectivity index (χ1v) is 10.2. The highest BCUT2D eigenvalue weighted by molar-refractivity contribution is 5.92. The first-order chi connectivity index (χ1) is 14.1. The molecule has 0 radical (unpaired) electrons. The summed E-state index contributed by atoms with van der Waals surface area (Å²) >= 11 is 0. The zero-order valence-corrected chi connectivity index (χ0v) is 16.5. The summed E-state index contributed by atoms with van der Waals surface area (Å²) in [5.41, 5.74) is 3.29. The fourth-order valence-electron chi connectivity index (χ4n) is 4.67. The van der Waals surface area contributed by atoms with Crippen LogP contribution in [0.5, 0.6) is 0 Å². The average Bonchev–Trinajstić information content (AvgIpc) is 3.40. The lowest BCUT2D eigenvalue weighted by Crippen LogP contribution is -2.27. The zero-order chi connectivity index (χ0) is 20.0. The van der Waals surface area contributed by atoms with Gasteiger partial charge in [-0.2, -0.15) is 0 Å². The molecule has 3 atom stereocenters. The number of likely N-dealkylation sites (tertiary alicyclic amines) is 1. The molecule has 2 N–H and O–H groups in total. The third-order valence-electron chi connectivity index (χ3n) is 6.21. The molecule has 2 aromatic heterocycles. The number of amides is 1. The average molecular weight is 391 g/mol. The van der Waals surface area contributed by atoms with E-state index >= 15 is 0 Å². The number of nitrogens with zero attached hydrogens (tertiary/aromatic N) is 4. The Morgan fingerprint density at radius 1 is 1.34 bits per heavy atom. The molecule has 2 aliphatic heterocycles. The van der Waals surface area contributed by atoms with Crippen molar-refractivity contribution < 1.29 is 9.90 Å². The van der Waals surface area contributed by atoms with Gasteiger partial charge in [0.1, 0.15) is 17.9 Å². The molecule has 2 aromatic rings. The van der Waals surface area contributed by atoms with Crippen molar-refractivity contribution in [2.75, 3.05) is 18.4 Å². The Kier molecular flexibility index (Phi) is 4.47. The minimum atomic E-state index is -0.528. The van der Waals surface area contributed by atoms with Crippen molar-refractivity contribution >= 4 is 23.4 Å². The molecule has 1 aliphatic carbocycles. The molecule has 0 aromatic carbocycles. The largest absolute Gasteiger partial charge is 0.374 e. The Hall–Kier alpha value is -2.93. The number of hydrogen-bond acceptors (Lipinski definition) is 5. The molecule has 0 bridgehead atoms. The number of aliphatic hydroxyl groups is 1. The van der Waals surface area contributed by atoms with Gasteiger partial charge in [-0.1, -0.05) is 6.08 Å². The third kappa shape index (κ3) is 3.46. The zero-order valence-electron chi connectivity index (χ0n) is 16.5. The lowest BCUT2D eigenvalue weighted by molar-refractivity contribution is -0.125. The number of fused-ring (bicyclic) bond motifs is 2. The van der Waals surface area contributed by atoms with E-state index in [1.165, 1.54) is 5.57 Å². The van der Waals surface area contributed by atoms with E-state index in [-0.39, 0.29) is 5.91 Å². The Bertz CT molecular complexity index is 1010. The smallest absolute Gasteiger partial charge is 0.246 e. The van der Waals surface area contributed by atoms with E-state index in [1.54, 1.807) is 12.3 Å². The van der Waals surface area contributed by atoms with Crippen LogP contribution in [0.4, 0.5) is 5.82 Å². The molecule has 29 heavy (non-hydrogen) atoms. The molecule has 150 valence electrons. The minimum absolute atomic E-state index is 0.0533. The number of anilines is 1. The number of rotatable bonds is 3. The van der Waals surface area contributed by atoms with E-state index < -0.39 is 6.23 Å². The Morgan fingerprint density at radius 2 is 2.24 bits per heavy atom. The van der Waals surface area contributed by atoms with Gasteiger partial charge in [0.2, 0.25) is 5.91 Å². The molecule has 1 amide bonds. The van der Waals surface area contributed by atoms with Crippen molar-refractivity contribution in [2.45, 2.75) is 25.5 Å². The molecular formula is C22H25N5O2. The highest BCUT2D eigenvalue weighted by atomic mass is 16.3. The Labute approximate surface area is 169 Å². The van der Waals surface area contributed by atoms with Crippen LogP contribution in [-0.4, -0.2) is 49.8 Å². The summed E-state index contributed by atoms with van der Waals surface area (Å²) in [6.45, 7) is 1.56. The van der Waals surface area contributed by atoms with Crippen LogP contribution in [0.1, 0.15) is 29.8 Å². The number of pyridine rings is 1. The second kappa shape index (κ2) is 7.15. The molecule has 3 aliphatic rings. The van der Waals surface area contributed by atoms with Crippen LogP contribution in [0.25, 0.3) is 11.6 Å². The maximum Gasteiger partial charge on any atom is 0.246 e. The minimum Gasteiger partial charge on any atom is -0.374 e. The third-order valence-corrected chi connectivity index (χ3v) is 6.21. The number of carbonyl (C=O) groups is 1. The van der Waals surface area contributed by atoms with E-state index in [0.29, 0.717) is 18.3 Å². The number of allylic oxidation sites excluding steroid dienone is 1. The van der Waals surface area contributed by atoms with Crippen molar-refractivity contribution in [3.8, 4) is 0 Å².